The van der Waals surface area contributed by atoms with E-state index in [1.54, 1.807) is 0 Å². The largest absolute Gasteiger partial charge is 0.503 e. The van der Waals surface area contributed by atoms with Gasteiger partial charge in [0, 0.05) is 0 Å². The zero-order chi connectivity index (χ0) is 57.2. The Labute approximate surface area is 629 Å². The van der Waals surface area contributed by atoms with Crippen molar-refractivity contribution in [1.82, 2.24) is 0 Å². The molecule has 0 aliphatic rings. The van der Waals surface area contributed by atoms with Gasteiger partial charge in [-0.3, -0.25) is 0 Å². The Bertz CT molecular complexity index is 855. The second-order valence-electron chi connectivity index (χ2n) is 4.52. The molecule has 0 heterocycles. The van der Waals surface area contributed by atoms with Gasteiger partial charge in [-0.15, -0.1) is 0 Å². The van der Waals surface area contributed by atoms with Crippen molar-refractivity contribution in [2.45, 2.75) is 0 Å². The van der Waals surface area contributed by atoms with Crippen molar-refractivity contribution in [2.75, 3.05) is 0 Å². The normalized spacial score (nSPS) is 4.99. The Hall–Kier alpha value is -1.72. The highest BCUT2D eigenvalue weighted by Crippen LogP contribution is 1.48. The van der Waals surface area contributed by atoms with Crippen LogP contribution in [0.4, 0.5) is 76.7 Å². The lowest BCUT2D eigenvalue weighted by Crippen LogP contribution is -1.81. The summed E-state index contributed by atoms with van der Waals surface area (Å²) in [6.07, 6.45) is -29.3. The van der Waals surface area contributed by atoms with Crippen molar-refractivity contribution in [3.05, 3.63) is 0 Å². The zero-order valence-electron chi connectivity index (χ0n) is 28.8. The highest BCUT2D eigenvalue weighted by Gasteiger charge is 1.75. The number of rotatable bonds is 0. The fraction of sp³-hybridized carbons (Fsp3) is 0. The van der Waals surface area contributed by atoms with E-state index in [-0.39, 0.29) is 300 Å². The van der Waals surface area contributed by atoms with Gasteiger partial charge in [-0.2, -0.15) is 0 Å². The first-order valence-corrected chi connectivity index (χ1v) is 10.4. The molecular formula is C16H58Mg13O48. The highest BCUT2D eigenvalue weighted by atomic mass is 24.3. The van der Waals surface area contributed by atoms with E-state index in [0.717, 1.165) is 0 Å². The first-order valence-electron chi connectivity index (χ1n) is 10.4. The van der Waals surface area contributed by atoms with Gasteiger partial charge in [0.05, 0.1) is 0 Å². The summed E-state index contributed by atoms with van der Waals surface area (Å²) >= 11 is 0. The van der Waals surface area contributed by atoms with Gasteiger partial charge in [-0.1, -0.05) is 0 Å². The summed E-state index contributed by atoms with van der Waals surface area (Å²) in [7, 11) is 0. The van der Waals surface area contributed by atoms with Gasteiger partial charge in [0.2, 0.25) is 0 Å². The Morgan fingerprint density at radius 2 is 0.0909 bits per heavy atom. The second kappa shape index (κ2) is 186. The van der Waals surface area contributed by atoms with Crippen LogP contribution in [0.25, 0.3) is 0 Å². The lowest BCUT2D eigenvalue weighted by molar-refractivity contribution is 0.135. The molecule has 32 N–H and O–H groups in total. The third kappa shape index (κ3) is 131000. The Kier molecular flexibility index (Phi) is 469. The van der Waals surface area contributed by atoms with Crippen LogP contribution in [0.2, 0.25) is 0 Å². The monoisotopic (exact) mass is 1330 g/mol. The number of carboxylic acid groups (broad SMARTS) is 32. The smallest absolute Gasteiger partial charge is 0.450 e. The molecule has 0 unspecified atom stereocenters. The number of carbonyl (C=O) groups is 16. The topological polar surface area (TPSA) is 920 Å². The maximum absolute atomic E-state index is 8.56. The molecule has 0 aliphatic carbocycles. The van der Waals surface area contributed by atoms with Crippen LogP contribution in [-0.4, -0.2) is 562 Å². The van der Waals surface area contributed by atoms with E-state index in [4.69, 9.17) is 240 Å². The average Bonchev–Trinajstić information content (AvgIpc) is 2.83. The molecule has 0 spiro atoms. The van der Waals surface area contributed by atoms with Gasteiger partial charge in [0.25, 0.3) is 0 Å². The quantitative estimate of drug-likeness (QED) is 0.100. The maximum Gasteiger partial charge on any atom is 0.503 e. The van der Waals surface area contributed by atoms with E-state index in [9.17, 15) is 0 Å². The zero-order valence-corrected chi connectivity index (χ0v) is 28.8. The van der Waals surface area contributed by atoms with Crippen LogP contribution in [0, 0.1) is 0 Å². The van der Waals surface area contributed by atoms with E-state index < -0.39 is 98.5 Å². The number of hydrogen-bond acceptors (Lipinski definition) is 16. The van der Waals surface area contributed by atoms with E-state index >= 15 is 0 Å². The van der Waals surface area contributed by atoms with Gasteiger partial charge in [0.1, 0.15) is 0 Å². The summed E-state index contributed by atoms with van der Waals surface area (Å²) in [5.41, 5.74) is 0. The average molecular weight is 1330 g/mol. The maximum atomic E-state index is 8.56. The minimum Gasteiger partial charge on any atom is -0.450 e. The third-order valence-corrected chi connectivity index (χ3v) is 0. The standard InChI is InChI=1S/16CH2O3.13Mg.26H/c16*2-1(3)4;;;;;;;;;;;;;;;;;;;;;;;;;;;;;;;;;;;;;;;/h16*(H2,2,3,4);;;;;;;;;;;;;;;;;;;;;;;;;;;;;;;;;;;;;;;. The summed E-state index contributed by atoms with van der Waals surface area (Å²) in [6.45, 7) is 0. The molecule has 0 rings (SSSR count). The number of hydrogen-bond donors (Lipinski definition) is 32. The van der Waals surface area contributed by atoms with Crippen molar-refractivity contribution in [1.29, 1.82) is 0 Å². The van der Waals surface area contributed by atoms with Gasteiger partial charge in [-0.25, -0.2) is 76.7 Å². The van der Waals surface area contributed by atoms with Gasteiger partial charge >= 0.3 is 398 Å². The Balaban J connectivity index is -0.0000000117. The molecule has 0 radical (unpaired) electrons. The Morgan fingerprint density at radius 1 is 0.0909 bits per heavy atom. The van der Waals surface area contributed by atoms with Crippen LogP contribution in [-0.2, 0) is 0 Å². The van der Waals surface area contributed by atoms with Crippen LogP contribution in [0.3, 0.4) is 0 Å². The first-order chi connectivity index (χ1) is 27.7. The molecule has 0 aliphatic heterocycles. The predicted octanol–water partition coefficient (Wildman–Crippen LogP) is -8.35. The van der Waals surface area contributed by atoms with Crippen LogP contribution in [0.5, 0.6) is 0 Å². The van der Waals surface area contributed by atoms with Crippen LogP contribution >= 0.6 is 0 Å². The SMILES string of the molecule is O=C(O)O.O=C(O)O.O=C(O)O.O=C(O)O.O=C(O)O.O=C(O)O.O=C(O)O.O=C(O)O.O=C(O)O.O=C(O)O.O=C(O)O.O=C(O)O.O=C(O)O.O=C(O)O.O=C(O)O.O=C(O)O.[MgH2].[MgH2].[MgH2].[MgH2].[MgH2].[MgH2].[MgH2].[MgH2].[MgH2].[MgH2].[MgH2].[MgH2].[MgH2]. The van der Waals surface area contributed by atoms with Crippen LogP contribution < -0.4 is 0 Å². The lowest BCUT2D eigenvalue weighted by atomic mass is 11.5. The summed E-state index contributed by atoms with van der Waals surface area (Å²) in [5.74, 6) is 0. The van der Waals surface area contributed by atoms with Crippen LogP contribution in [0.15, 0.2) is 0 Å². The molecule has 0 bridgehead atoms. The minimum atomic E-state index is -1.83. The molecule has 0 fully saturated rings. The minimum absolute atomic E-state index is 0. The summed E-state index contributed by atoms with van der Waals surface area (Å²) in [6, 6.07) is 0. The van der Waals surface area contributed by atoms with E-state index in [0.29, 0.717) is 0 Å². The van der Waals surface area contributed by atoms with Crippen molar-refractivity contribution in [2.24, 2.45) is 0 Å². The molecule has 0 saturated heterocycles. The van der Waals surface area contributed by atoms with Gasteiger partial charge in [0.15, 0.2) is 0 Å². The first kappa shape index (κ1) is 194. The lowest BCUT2D eigenvalue weighted by Gasteiger charge is -1.60. The highest BCUT2D eigenvalue weighted by molar-refractivity contribution is 5.77. The van der Waals surface area contributed by atoms with Crippen molar-refractivity contribution >= 4 is 398 Å². The molecule has 0 aromatic carbocycles. The molecule has 0 aromatic heterocycles. The van der Waals surface area contributed by atoms with Gasteiger partial charge in [-0.05, 0) is 0 Å². The molecule has 0 amide bonds. The molecule has 61 heteroatoms. The molecule has 0 atom stereocenters. The van der Waals surface area contributed by atoms with E-state index in [2.05, 4.69) is 0 Å². The molecule has 436 valence electrons. The molecular weight excluding hydrogens is 1280 g/mol. The Morgan fingerprint density at radius 3 is 0.0909 bits per heavy atom. The summed E-state index contributed by atoms with van der Waals surface area (Å²) < 4.78 is 0. The summed E-state index contributed by atoms with van der Waals surface area (Å²) in [5, 5.41) is 223. The fourth-order valence-corrected chi connectivity index (χ4v) is 0. The van der Waals surface area contributed by atoms with Crippen molar-refractivity contribution in [3.8, 4) is 0 Å². The van der Waals surface area contributed by atoms with E-state index in [1.807, 2.05) is 0 Å². The summed E-state index contributed by atoms with van der Waals surface area (Å²) in [4.78, 5) is 137. The van der Waals surface area contributed by atoms with Gasteiger partial charge < -0.3 is 163 Å². The molecule has 77 heavy (non-hydrogen) atoms. The van der Waals surface area contributed by atoms with Crippen molar-refractivity contribution < 1.29 is 240 Å². The van der Waals surface area contributed by atoms with Crippen LogP contribution in [0.1, 0.15) is 0 Å². The second-order valence-corrected chi connectivity index (χ2v) is 4.52. The fourth-order valence-electron chi connectivity index (χ4n) is 0. The molecule has 0 saturated carbocycles. The predicted molar refractivity (Wildman–Crippen MR) is 282 cm³/mol. The third-order valence-electron chi connectivity index (χ3n) is 0. The molecule has 0 aromatic rings. The van der Waals surface area contributed by atoms with Crippen molar-refractivity contribution in [3.63, 3.8) is 0 Å². The van der Waals surface area contributed by atoms with E-state index in [1.165, 1.54) is 0 Å². The molecule has 48 nitrogen and oxygen atoms in total.